The Morgan fingerprint density at radius 3 is 2.71 bits per heavy atom. The molecule has 0 fully saturated rings. The quantitative estimate of drug-likeness (QED) is 0.636. The first kappa shape index (κ1) is 18.9. The van der Waals surface area contributed by atoms with E-state index in [-0.39, 0.29) is 10.5 Å². The lowest BCUT2D eigenvalue weighted by Gasteiger charge is -2.18. The highest BCUT2D eigenvalue weighted by molar-refractivity contribution is 8.14. The number of aromatic amines is 1. The predicted molar refractivity (Wildman–Crippen MR) is 113 cm³/mol. The second-order valence-electron chi connectivity index (χ2n) is 6.29. The van der Waals surface area contributed by atoms with Gasteiger partial charge in [-0.25, -0.2) is 10.4 Å². The molecule has 7 nitrogen and oxygen atoms in total. The summed E-state index contributed by atoms with van der Waals surface area (Å²) in [7, 11) is 1.56. The molecule has 3 aromatic rings. The molecule has 2 aromatic carbocycles. The van der Waals surface area contributed by atoms with E-state index >= 15 is 0 Å². The summed E-state index contributed by atoms with van der Waals surface area (Å²) in [5.41, 5.74) is 6.77. The van der Waals surface area contributed by atoms with Crippen molar-refractivity contribution in [1.29, 1.82) is 0 Å². The van der Waals surface area contributed by atoms with Gasteiger partial charge in [0.1, 0.15) is 12.1 Å². The van der Waals surface area contributed by atoms with Crippen LogP contribution in [-0.2, 0) is 11.2 Å². The first-order chi connectivity index (χ1) is 13.5. The molecule has 2 unspecified atom stereocenters. The lowest BCUT2D eigenvalue weighted by molar-refractivity contribution is 0.261. The topological polar surface area (TPSA) is 102 Å². The number of carbonyl (C=O) groups excluding carboxylic acids is 1. The molecule has 9 heteroatoms. The molecular weight excluding hydrogens is 396 g/mol. The molecule has 1 aliphatic heterocycles. The number of thioether (sulfide) groups is 1. The maximum absolute atomic E-state index is 11.8. The number of hydrogen-bond donors (Lipinski definition) is 2. The fourth-order valence-electron chi connectivity index (χ4n) is 3.09. The van der Waals surface area contributed by atoms with Crippen LogP contribution in [0, 0.1) is 0 Å². The van der Waals surface area contributed by atoms with E-state index in [1.165, 1.54) is 11.8 Å². The molecule has 1 aromatic heterocycles. The van der Waals surface area contributed by atoms with Gasteiger partial charge in [-0.2, -0.15) is 5.10 Å². The molecule has 0 saturated heterocycles. The maximum atomic E-state index is 11.8. The highest BCUT2D eigenvalue weighted by atomic mass is 32.2. The molecule has 144 valence electrons. The number of hydrogen-bond acceptors (Lipinski definition) is 6. The third kappa shape index (κ3) is 3.48. The van der Waals surface area contributed by atoms with Gasteiger partial charge in [0.25, 0.3) is 5.24 Å². The van der Waals surface area contributed by atoms with Gasteiger partial charge >= 0.3 is 0 Å². The van der Waals surface area contributed by atoms with Gasteiger partial charge in [0, 0.05) is 11.1 Å². The standard InChI is InChI=1S/C19H18N4O3S2/c1-10-17(22-23-19(24)27-10)11-4-6-13-14(8-11)21-18(20-13)12-5-7-16(28(3)25)15(9-12)26-2/h4-10H,1-3H3,(H,20,21)(H,23,24). The largest absolute Gasteiger partial charge is 0.612 e. The normalized spacial score (nSPS) is 17.9. The van der Waals surface area contributed by atoms with E-state index in [0.29, 0.717) is 16.5 Å². The third-order valence-electron chi connectivity index (χ3n) is 4.46. The van der Waals surface area contributed by atoms with Gasteiger partial charge in [0.15, 0.2) is 10.6 Å². The molecule has 2 N–H and O–H groups in total. The summed E-state index contributed by atoms with van der Waals surface area (Å²) in [4.78, 5) is 20.1. The Bertz CT molecular complexity index is 1090. The number of rotatable bonds is 4. The molecule has 1 aliphatic rings. The van der Waals surface area contributed by atoms with Crippen molar-refractivity contribution in [3.8, 4) is 17.1 Å². The van der Waals surface area contributed by atoms with Gasteiger partial charge < -0.3 is 14.3 Å². The fourth-order valence-corrected chi connectivity index (χ4v) is 4.50. The lowest BCUT2D eigenvalue weighted by atomic mass is 10.1. The van der Waals surface area contributed by atoms with E-state index < -0.39 is 11.2 Å². The Morgan fingerprint density at radius 1 is 1.21 bits per heavy atom. The summed E-state index contributed by atoms with van der Waals surface area (Å²) >= 11 is 0.0789. The Labute approximate surface area is 169 Å². The van der Waals surface area contributed by atoms with E-state index in [1.54, 1.807) is 19.4 Å². The number of hydrazone groups is 1. The number of methoxy groups -OCH3 is 1. The van der Waals surface area contributed by atoms with Crippen LogP contribution in [0.2, 0.25) is 0 Å². The average Bonchev–Trinajstić information content (AvgIpc) is 3.10. The number of nitrogens with one attached hydrogen (secondary N) is 2. The van der Waals surface area contributed by atoms with Gasteiger partial charge in [-0.15, -0.1) is 0 Å². The van der Waals surface area contributed by atoms with Crippen LogP contribution in [0.4, 0.5) is 4.79 Å². The molecule has 0 spiro atoms. The van der Waals surface area contributed by atoms with Crippen LogP contribution in [0.1, 0.15) is 12.5 Å². The Balaban J connectivity index is 1.72. The van der Waals surface area contributed by atoms with E-state index in [2.05, 4.69) is 15.5 Å². The molecule has 2 heterocycles. The molecule has 2 atom stereocenters. The SMILES string of the molecule is COc1cc(-c2nc3cc(C4=NNC(=O)SC4C)ccc3[nH]2)ccc1[S+](C)[O-]. The maximum Gasteiger partial charge on any atom is 0.299 e. The second kappa shape index (κ2) is 7.50. The zero-order chi connectivity index (χ0) is 19.8. The van der Waals surface area contributed by atoms with Crippen molar-refractivity contribution in [2.45, 2.75) is 17.1 Å². The van der Waals surface area contributed by atoms with Gasteiger partial charge in [0.05, 0.1) is 29.1 Å². The van der Waals surface area contributed by atoms with Crippen molar-refractivity contribution in [1.82, 2.24) is 15.4 Å². The number of carbonyl (C=O) groups is 1. The van der Waals surface area contributed by atoms with Crippen LogP contribution < -0.4 is 10.2 Å². The predicted octanol–water partition coefficient (Wildman–Crippen LogP) is 3.52. The lowest BCUT2D eigenvalue weighted by Crippen LogP contribution is -2.29. The number of nitrogens with zero attached hydrogens (tertiary/aromatic N) is 2. The number of benzene rings is 2. The van der Waals surface area contributed by atoms with E-state index in [4.69, 9.17) is 9.72 Å². The van der Waals surface area contributed by atoms with Crippen LogP contribution in [0.5, 0.6) is 5.75 Å². The molecule has 1 amide bonds. The summed E-state index contributed by atoms with van der Waals surface area (Å²) in [6.07, 6.45) is 1.62. The van der Waals surface area contributed by atoms with Gasteiger partial charge in [-0.1, -0.05) is 17.8 Å². The van der Waals surface area contributed by atoms with Crippen LogP contribution in [0.15, 0.2) is 46.4 Å². The highest BCUT2D eigenvalue weighted by Crippen LogP contribution is 2.30. The molecule has 0 aliphatic carbocycles. The minimum absolute atomic E-state index is 0.0312. The number of amides is 1. The Hall–Kier alpha value is -2.49. The summed E-state index contributed by atoms with van der Waals surface area (Å²) in [5, 5.41) is 4.02. The van der Waals surface area contributed by atoms with Crippen molar-refractivity contribution in [2.24, 2.45) is 5.10 Å². The second-order valence-corrected chi connectivity index (χ2v) is 8.96. The number of fused-ring (bicyclic) bond motifs is 1. The van der Waals surface area contributed by atoms with Gasteiger partial charge in [0.2, 0.25) is 0 Å². The third-order valence-corrected chi connectivity index (χ3v) is 6.30. The molecule has 0 radical (unpaired) electrons. The number of H-pyrrole nitrogens is 1. The van der Waals surface area contributed by atoms with Crippen LogP contribution in [0.25, 0.3) is 22.4 Å². The molecule has 4 rings (SSSR count). The molecular formula is C19H18N4O3S2. The Kier molecular flexibility index (Phi) is 5.05. The first-order valence-corrected chi connectivity index (χ1v) is 11.0. The minimum Gasteiger partial charge on any atom is -0.612 e. The van der Waals surface area contributed by atoms with Crippen molar-refractivity contribution < 1.29 is 14.1 Å². The van der Waals surface area contributed by atoms with Crippen molar-refractivity contribution in [3.63, 3.8) is 0 Å². The van der Waals surface area contributed by atoms with Crippen molar-refractivity contribution >= 4 is 44.9 Å². The Morgan fingerprint density at radius 2 is 2.00 bits per heavy atom. The smallest absolute Gasteiger partial charge is 0.299 e. The van der Waals surface area contributed by atoms with Crippen molar-refractivity contribution in [3.05, 3.63) is 42.0 Å². The van der Waals surface area contributed by atoms with E-state index in [1.807, 2.05) is 37.3 Å². The molecule has 0 bridgehead atoms. The van der Waals surface area contributed by atoms with E-state index in [9.17, 15) is 9.35 Å². The van der Waals surface area contributed by atoms with E-state index in [0.717, 1.165) is 27.9 Å². The molecule has 28 heavy (non-hydrogen) atoms. The number of ether oxygens (including phenoxy) is 1. The number of aromatic nitrogens is 2. The first-order valence-electron chi connectivity index (χ1n) is 8.52. The van der Waals surface area contributed by atoms with Gasteiger partial charge in [-0.05, 0) is 48.4 Å². The minimum atomic E-state index is -1.13. The zero-order valence-electron chi connectivity index (χ0n) is 15.5. The molecule has 0 saturated carbocycles. The zero-order valence-corrected chi connectivity index (χ0v) is 17.1. The summed E-state index contributed by atoms with van der Waals surface area (Å²) in [5.74, 6) is 1.26. The van der Waals surface area contributed by atoms with Gasteiger partial charge in [-0.3, -0.25) is 4.79 Å². The van der Waals surface area contributed by atoms with Crippen LogP contribution >= 0.6 is 11.8 Å². The van der Waals surface area contributed by atoms with Crippen LogP contribution in [0.3, 0.4) is 0 Å². The fraction of sp³-hybridized carbons (Fsp3) is 0.211. The summed E-state index contributed by atoms with van der Waals surface area (Å²) in [6.45, 7) is 1.95. The highest BCUT2D eigenvalue weighted by Gasteiger charge is 2.23. The monoisotopic (exact) mass is 414 g/mol. The average molecular weight is 415 g/mol. The number of imidazole rings is 1. The van der Waals surface area contributed by atoms with Crippen molar-refractivity contribution in [2.75, 3.05) is 13.4 Å². The summed E-state index contributed by atoms with van der Waals surface area (Å²) < 4.78 is 17.2. The summed E-state index contributed by atoms with van der Waals surface area (Å²) in [6, 6.07) is 11.4. The van der Waals surface area contributed by atoms with Crippen LogP contribution in [-0.4, -0.2) is 44.1 Å².